The van der Waals surface area contributed by atoms with Gasteiger partial charge < -0.3 is 10.6 Å². The number of benzene rings is 1. The van der Waals surface area contributed by atoms with E-state index >= 15 is 0 Å². The first-order valence-electron chi connectivity index (χ1n) is 6.40. The van der Waals surface area contributed by atoms with Crippen LogP contribution in [0, 0.1) is 5.82 Å². The van der Waals surface area contributed by atoms with Crippen molar-refractivity contribution >= 4 is 28.9 Å². The highest BCUT2D eigenvalue weighted by atomic mass is 35.5. The number of aromatic nitrogens is 2. The average molecular weight is 295 g/mol. The molecule has 0 aliphatic rings. The molecule has 0 bridgehead atoms. The van der Waals surface area contributed by atoms with Crippen LogP contribution in [0.15, 0.2) is 24.3 Å². The van der Waals surface area contributed by atoms with Crippen molar-refractivity contribution in [3.05, 3.63) is 40.9 Å². The summed E-state index contributed by atoms with van der Waals surface area (Å²) in [7, 11) is 1.78. The number of hydrogen-bond acceptors (Lipinski definition) is 4. The maximum absolute atomic E-state index is 13.8. The Morgan fingerprint density at radius 2 is 1.95 bits per heavy atom. The van der Waals surface area contributed by atoms with E-state index in [4.69, 9.17) is 11.6 Å². The van der Waals surface area contributed by atoms with Crippen LogP contribution in [-0.2, 0) is 6.42 Å². The fraction of sp³-hybridized carbons (Fsp3) is 0.286. The fourth-order valence-electron chi connectivity index (χ4n) is 1.75. The minimum absolute atomic E-state index is 0.331. The summed E-state index contributed by atoms with van der Waals surface area (Å²) in [6, 6.07) is 6.20. The lowest BCUT2D eigenvalue weighted by Crippen LogP contribution is -2.04. The highest BCUT2D eigenvalue weighted by molar-refractivity contribution is 6.30. The van der Waals surface area contributed by atoms with Crippen molar-refractivity contribution in [2.45, 2.75) is 19.8 Å². The number of halogens is 2. The molecule has 0 saturated carbocycles. The van der Waals surface area contributed by atoms with Crippen LogP contribution >= 0.6 is 11.6 Å². The summed E-state index contributed by atoms with van der Waals surface area (Å²) in [6.45, 7) is 2.06. The predicted octanol–water partition coefficient (Wildman–Crippen LogP) is 4.01. The third-order valence-corrected chi connectivity index (χ3v) is 2.93. The second kappa shape index (κ2) is 6.52. The molecule has 0 aliphatic heterocycles. The fourth-order valence-corrected chi connectivity index (χ4v) is 1.91. The molecule has 106 valence electrons. The maximum atomic E-state index is 13.8. The van der Waals surface area contributed by atoms with Gasteiger partial charge in [0.25, 0.3) is 0 Å². The topological polar surface area (TPSA) is 49.8 Å². The van der Waals surface area contributed by atoms with Gasteiger partial charge >= 0.3 is 0 Å². The van der Waals surface area contributed by atoms with Gasteiger partial charge in [-0.3, -0.25) is 0 Å². The van der Waals surface area contributed by atoms with Gasteiger partial charge in [0.05, 0.1) is 5.69 Å². The third kappa shape index (κ3) is 3.57. The summed E-state index contributed by atoms with van der Waals surface area (Å²) in [5, 5.41) is 6.28. The van der Waals surface area contributed by atoms with Crippen molar-refractivity contribution in [2.75, 3.05) is 17.7 Å². The minimum atomic E-state index is -0.417. The molecule has 0 radical (unpaired) electrons. The molecule has 0 fully saturated rings. The molecule has 0 aliphatic carbocycles. The monoisotopic (exact) mass is 294 g/mol. The van der Waals surface area contributed by atoms with Gasteiger partial charge in [0.1, 0.15) is 23.3 Å². The molecule has 2 aromatic rings. The van der Waals surface area contributed by atoms with Crippen molar-refractivity contribution in [1.29, 1.82) is 0 Å². The van der Waals surface area contributed by atoms with E-state index in [2.05, 4.69) is 27.5 Å². The Morgan fingerprint density at radius 3 is 2.60 bits per heavy atom. The second-order valence-corrected chi connectivity index (χ2v) is 4.74. The van der Waals surface area contributed by atoms with Crippen LogP contribution in [0.2, 0.25) is 5.02 Å². The molecule has 0 unspecified atom stereocenters. The van der Waals surface area contributed by atoms with Crippen molar-refractivity contribution < 1.29 is 4.39 Å². The van der Waals surface area contributed by atoms with Crippen LogP contribution in [0.4, 0.5) is 21.7 Å². The number of aryl methyl sites for hydroxylation is 1. The second-order valence-electron chi connectivity index (χ2n) is 4.30. The lowest BCUT2D eigenvalue weighted by atomic mass is 10.3. The Labute approximate surface area is 122 Å². The van der Waals surface area contributed by atoms with Crippen LogP contribution in [0.3, 0.4) is 0 Å². The van der Waals surface area contributed by atoms with E-state index in [0.717, 1.165) is 18.7 Å². The first-order valence-corrected chi connectivity index (χ1v) is 6.78. The van der Waals surface area contributed by atoms with Crippen molar-refractivity contribution in [2.24, 2.45) is 0 Å². The van der Waals surface area contributed by atoms with Gasteiger partial charge in [0.15, 0.2) is 0 Å². The van der Waals surface area contributed by atoms with Crippen molar-refractivity contribution in [3.8, 4) is 0 Å². The largest absolute Gasteiger partial charge is 0.373 e. The summed E-state index contributed by atoms with van der Waals surface area (Å²) in [4.78, 5) is 8.71. The summed E-state index contributed by atoms with van der Waals surface area (Å²) in [5.41, 5.74) is 0.331. The SMILES string of the molecule is CCCc1nc(NC)cc(Nc2ccc(Cl)cc2F)n1. The van der Waals surface area contributed by atoms with Crippen molar-refractivity contribution in [1.82, 2.24) is 9.97 Å². The molecule has 0 atom stereocenters. The minimum Gasteiger partial charge on any atom is -0.373 e. The Morgan fingerprint density at radius 1 is 1.20 bits per heavy atom. The Hall–Kier alpha value is -1.88. The van der Waals surface area contributed by atoms with E-state index in [1.54, 1.807) is 25.2 Å². The number of anilines is 3. The first kappa shape index (κ1) is 14.5. The van der Waals surface area contributed by atoms with E-state index in [0.29, 0.717) is 22.3 Å². The van der Waals surface area contributed by atoms with Gasteiger partial charge in [-0.05, 0) is 24.6 Å². The Bertz CT molecular complexity index is 604. The lowest BCUT2D eigenvalue weighted by Gasteiger charge is -2.10. The molecule has 1 aromatic heterocycles. The molecule has 0 spiro atoms. The zero-order valence-corrected chi connectivity index (χ0v) is 12.1. The van der Waals surface area contributed by atoms with Gasteiger partial charge in [-0.2, -0.15) is 0 Å². The van der Waals surface area contributed by atoms with E-state index in [1.807, 2.05) is 0 Å². The first-order chi connectivity index (χ1) is 9.62. The molecule has 2 N–H and O–H groups in total. The van der Waals surface area contributed by atoms with E-state index in [-0.39, 0.29) is 0 Å². The molecule has 0 amide bonds. The van der Waals surface area contributed by atoms with Crippen LogP contribution in [0.1, 0.15) is 19.2 Å². The summed E-state index contributed by atoms with van der Waals surface area (Å²) >= 11 is 5.73. The summed E-state index contributed by atoms with van der Waals surface area (Å²) in [5.74, 6) is 1.55. The smallest absolute Gasteiger partial charge is 0.148 e. The molecule has 20 heavy (non-hydrogen) atoms. The van der Waals surface area contributed by atoms with Gasteiger partial charge in [-0.15, -0.1) is 0 Å². The van der Waals surface area contributed by atoms with Crippen LogP contribution in [0.5, 0.6) is 0 Å². The summed E-state index contributed by atoms with van der Waals surface area (Å²) in [6.07, 6.45) is 1.72. The van der Waals surface area contributed by atoms with Gasteiger partial charge in [0, 0.05) is 24.6 Å². The molecule has 4 nitrogen and oxygen atoms in total. The highest BCUT2D eigenvalue weighted by Gasteiger charge is 2.07. The Kier molecular flexibility index (Phi) is 4.74. The van der Waals surface area contributed by atoms with Gasteiger partial charge in [-0.1, -0.05) is 18.5 Å². The third-order valence-electron chi connectivity index (χ3n) is 2.70. The number of nitrogens with one attached hydrogen (secondary N) is 2. The highest BCUT2D eigenvalue weighted by Crippen LogP contribution is 2.23. The number of rotatable bonds is 5. The van der Waals surface area contributed by atoms with E-state index in [1.165, 1.54) is 6.07 Å². The zero-order chi connectivity index (χ0) is 14.5. The number of hydrogen-bond donors (Lipinski definition) is 2. The zero-order valence-electron chi connectivity index (χ0n) is 11.4. The quantitative estimate of drug-likeness (QED) is 0.875. The van der Waals surface area contributed by atoms with Crippen LogP contribution in [-0.4, -0.2) is 17.0 Å². The molecule has 6 heteroatoms. The molecule has 1 aromatic carbocycles. The van der Waals surface area contributed by atoms with Gasteiger partial charge in [-0.25, -0.2) is 14.4 Å². The molecular formula is C14H16ClFN4. The molecule has 0 saturated heterocycles. The van der Waals surface area contributed by atoms with E-state index in [9.17, 15) is 4.39 Å². The van der Waals surface area contributed by atoms with Crippen LogP contribution in [0.25, 0.3) is 0 Å². The average Bonchev–Trinajstić information content (AvgIpc) is 2.42. The van der Waals surface area contributed by atoms with Gasteiger partial charge in [0.2, 0.25) is 0 Å². The lowest BCUT2D eigenvalue weighted by molar-refractivity contribution is 0.632. The van der Waals surface area contributed by atoms with Crippen molar-refractivity contribution in [3.63, 3.8) is 0 Å². The molecular weight excluding hydrogens is 279 g/mol. The molecule has 2 rings (SSSR count). The standard InChI is InChI=1S/C14H16ClFN4/c1-3-4-12-19-13(17-2)8-14(20-12)18-11-6-5-9(15)7-10(11)16/h5-8H,3-4H2,1-2H3,(H2,17,18,19,20). The number of nitrogens with zero attached hydrogens (tertiary/aromatic N) is 2. The summed E-state index contributed by atoms with van der Waals surface area (Å²) < 4.78 is 13.8. The molecule has 1 heterocycles. The predicted molar refractivity (Wildman–Crippen MR) is 80.3 cm³/mol. The normalized spacial score (nSPS) is 10.4. The van der Waals surface area contributed by atoms with Crippen LogP contribution < -0.4 is 10.6 Å². The maximum Gasteiger partial charge on any atom is 0.148 e. The van der Waals surface area contributed by atoms with E-state index < -0.39 is 5.82 Å². The Balaban J connectivity index is 2.29.